The van der Waals surface area contributed by atoms with Gasteiger partial charge in [-0.2, -0.15) is 0 Å². The minimum atomic E-state index is -0.130. The van der Waals surface area contributed by atoms with Crippen LogP contribution in [0.2, 0.25) is 0 Å². The van der Waals surface area contributed by atoms with Crippen LogP contribution in [0.4, 0.5) is 0 Å². The van der Waals surface area contributed by atoms with Crippen molar-refractivity contribution in [3.8, 4) is 0 Å². The largest absolute Gasteiger partial charge is 0.350 e. The molecule has 0 aliphatic carbocycles. The zero-order chi connectivity index (χ0) is 13.9. The van der Waals surface area contributed by atoms with Crippen molar-refractivity contribution in [1.82, 2.24) is 10.2 Å². The highest BCUT2D eigenvalue weighted by molar-refractivity contribution is 5.82. The molecule has 0 bridgehead atoms. The molecule has 3 atom stereocenters. The van der Waals surface area contributed by atoms with E-state index in [0.29, 0.717) is 18.5 Å². The smallest absolute Gasteiger partial charge is 0.237 e. The van der Waals surface area contributed by atoms with Gasteiger partial charge in [-0.05, 0) is 46.1 Å². The molecule has 0 radical (unpaired) electrons. The Morgan fingerprint density at radius 1 is 1.56 bits per heavy atom. The molecular weight excluding hydrogens is 226 g/mol. The van der Waals surface area contributed by atoms with E-state index >= 15 is 0 Å². The average molecular weight is 255 g/mol. The number of hydrogen-bond donors (Lipinski definition) is 2. The predicted octanol–water partition coefficient (Wildman–Crippen LogP) is 1.35. The molecule has 1 rings (SSSR count). The summed E-state index contributed by atoms with van der Waals surface area (Å²) in [6.45, 7) is 12.0. The molecule has 1 fully saturated rings. The first-order valence-corrected chi connectivity index (χ1v) is 7.10. The second kappa shape index (κ2) is 6.02. The lowest BCUT2D eigenvalue weighted by Gasteiger charge is -2.33. The maximum absolute atomic E-state index is 12.3. The van der Waals surface area contributed by atoms with E-state index in [1.807, 2.05) is 6.92 Å². The van der Waals surface area contributed by atoms with E-state index in [-0.39, 0.29) is 17.5 Å². The average Bonchev–Trinajstić information content (AvgIpc) is 2.68. The van der Waals surface area contributed by atoms with E-state index in [1.165, 1.54) is 0 Å². The topological polar surface area (TPSA) is 58.4 Å². The Morgan fingerprint density at radius 2 is 2.17 bits per heavy atom. The van der Waals surface area contributed by atoms with Crippen molar-refractivity contribution in [2.45, 2.75) is 65.1 Å². The van der Waals surface area contributed by atoms with Gasteiger partial charge in [0.05, 0.1) is 6.04 Å². The van der Waals surface area contributed by atoms with Crippen LogP contribution in [0, 0.1) is 5.92 Å². The van der Waals surface area contributed by atoms with Gasteiger partial charge in [0.1, 0.15) is 0 Å². The first kappa shape index (κ1) is 15.4. The molecule has 3 N–H and O–H groups in total. The van der Waals surface area contributed by atoms with E-state index in [9.17, 15) is 4.79 Å². The third-order valence-electron chi connectivity index (χ3n) is 4.39. The minimum absolute atomic E-state index is 0.0886. The van der Waals surface area contributed by atoms with Gasteiger partial charge in [0, 0.05) is 18.1 Å². The van der Waals surface area contributed by atoms with Crippen LogP contribution >= 0.6 is 0 Å². The van der Waals surface area contributed by atoms with Crippen LogP contribution in [0.3, 0.4) is 0 Å². The van der Waals surface area contributed by atoms with Crippen LogP contribution in [0.25, 0.3) is 0 Å². The van der Waals surface area contributed by atoms with Crippen LogP contribution in [-0.2, 0) is 4.79 Å². The van der Waals surface area contributed by atoms with Crippen molar-refractivity contribution in [2.75, 3.05) is 13.1 Å². The number of likely N-dealkylation sites (tertiary alicyclic amines) is 1. The normalized spacial score (nSPS) is 27.2. The number of nitrogens with one attached hydrogen (secondary N) is 1. The number of hydrogen-bond acceptors (Lipinski definition) is 3. The molecule has 4 nitrogen and oxygen atoms in total. The molecule has 106 valence electrons. The Kier molecular flexibility index (Phi) is 5.17. The molecule has 1 amide bonds. The molecule has 0 aromatic heterocycles. The Bertz CT molecular complexity index is 291. The molecule has 18 heavy (non-hydrogen) atoms. The van der Waals surface area contributed by atoms with Gasteiger partial charge in [0.25, 0.3) is 0 Å². The Labute approximate surface area is 111 Å². The molecule has 3 unspecified atom stereocenters. The third-order valence-corrected chi connectivity index (χ3v) is 4.39. The van der Waals surface area contributed by atoms with Crippen LogP contribution in [0.1, 0.15) is 47.5 Å². The maximum atomic E-state index is 12.3. The van der Waals surface area contributed by atoms with Crippen LogP contribution < -0.4 is 11.1 Å². The number of amides is 1. The highest BCUT2D eigenvalue weighted by Gasteiger charge is 2.36. The SMILES string of the molecule is CCC(C)(C)NC(=O)C(C)N1CCC(C)C1CN. The molecule has 1 heterocycles. The molecule has 0 spiro atoms. The quantitative estimate of drug-likeness (QED) is 0.779. The lowest BCUT2D eigenvalue weighted by Crippen LogP contribution is -2.54. The number of carbonyl (C=O) groups is 1. The molecule has 0 aromatic rings. The zero-order valence-electron chi connectivity index (χ0n) is 12.5. The number of nitrogens with zero attached hydrogens (tertiary/aromatic N) is 1. The number of nitrogens with two attached hydrogens (primary N) is 1. The van der Waals surface area contributed by atoms with Gasteiger partial charge in [-0.25, -0.2) is 0 Å². The molecule has 1 aliphatic heterocycles. The lowest BCUT2D eigenvalue weighted by molar-refractivity contribution is -0.128. The number of rotatable bonds is 5. The van der Waals surface area contributed by atoms with Crippen molar-refractivity contribution in [1.29, 1.82) is 0 Å². The van der Waals surface area contributed by atoms with E-state index < -0.39 is 0 Å². The van der Waals surface area contributed by atoms with Crippen LogP contribution in [0.5, 0.6) is 0 Å². The van der Waals surface area contributed by atoms with Gasteiger partial charge in [0.15, 0.2) is 0 Å². The van der Waals surface area contributed by atoms with Gasteiger partial charge in [-0.15, -0.1) is 0 Å². The summed E-state index contributed by atoms with van der Waals surface area (Å²) in [7, 11) is 0. The van der Waals surface area contributed by atoms with Crippen LogP contribution in [0.15, 0.2) is 0 Å². The van der Waals surface area contributed by atoms with Crippen molar-refractivity contribution in [3.05, 3.63) is 0 Å². The fourth-order valence-corrected chi connectivity index (χ4v) is 2.56. The van der Waals surface area contributed by atoms with Crippen molar-refractivity contribution in [2.24, 2.45) is 11.7 Å². The summed E-state index contributed by atoms with van der Waals surface area (Å²) in [6, 6.07) is 0.254. The fraction of sp³-hybridized carbons (Fsp3) is 0.929. The fourth-order valence-electron chi connectivity index (χ4n) is 2.56. The van der Waals surface area contributed by atoms with Gasteiger partial charge in [-0.1, -0.05) is 13.8 Å². The van der Waals surface area contributed by atoms with E-state index in [0.717, 1.165) is 19.4 Å². The molecule has 0 saturated carbocycles. The molecule has 0 aromatic carbocycles. The van der Waals surface area contributed by atoms with Gasteiger partial charge < -0.3 is 11.1 Å². The zero-order valence-corrected chi connectivity index (χ0v) is 12.5. The Hall–Kier alpha value is -0.610. The van der Waals surface area contributed by atoms with Crippen molar-refractivity contribution < 1.29 is 4.79 Å². The number of carbonyl (C=O) groups excluding carboxylic acids is 1. The highest BCUT2D eigenvalue weighted by atomic mass is 16.2. The molecule has 1 aliphatic rings. The summed E-state index contributed by atoms with van der Waals surface area (Å²) in [5.41, 5.74) is 5.70. The van der Waals surface area contributed by atoms with Crippen molar-refractivity contribution >= 4 is 5.91 Å². The monoisotopic (exact) mass is 255 g/mol. The first-order chi connectivity index (χ1) is 8.32. The van der Waals surface area contributed by atoms with Gasteiger partial charge in [-0.3, -0.25) is 9.69 Å². The highest BCUT2D eigenvalue weighted by Crippen LogP contribution is 2.25. The van der Waals surface area contributed by atoms with E-state index in [4.69, 9.17) is 5.73 Å². The standard InChI is InChI=1S/C14H29N3O/c1-6-14(4,5)16-13(18)11(3)17-8-7-10(2)12(17)9-15/h10-12H,6-9,15H2,1-5H3,(H,16,18). The summed E-state index contributed by atoms with van der Waals surface area (Å²) in [4.78, 5) is 14.5. The van der Waals surface area contributed by atoms with Gasteiger partial charge in [0.2, 0.25) is 5.91 Å². The van der Waals surface area contributed by atoms with Crippen LogP contribution in [-0.4, -0.2) is 41.5 Å². The summed E-state index contributed by atoms with van der Waals surface area (Å²) in [5.74, 6) is 0.707. The predicted molar refractivity (Wildman–Crippen MR) is 75.3 cm³/mol. The molecule has 1 saturated heterocycles. The van der Waals surface area contributed by atoms with Gasteiger partial charge >= 0.3 is 0 Å². The van der Waals surface area contributed by atoms with E-state index in [1.54, 1.807) is 0 Å². The lowest BCUT2D eigenvalue weighted by atomic mass is 10.0. The maximum Gasteiger partial charge on any atom is 0.237 e. The second-order valence-electron chi connectivity index (χ2n) is 6.21. The minimum Gasteiger partial charge on any atom is -0.350 e. The molecule has 4 heteroatoms. The summed E-state index contributed by atoms with van der Waals surface area (Å²) >= 11 is 0. The summed E-state index contributed by atoms with van der Waals surface area (Å²) in [5, 5.41) is 3.12. The first-order valence-electron chi connectivity index (χ1n) is 7.10. The Morgan fingerprint density at radius 3 is 2.67 bits per heavy atom. The Balaban J connectivity index is 2.64. The van der Waals surface area contributed by atoms with Crippen molar-refractivity contribution in [3.63, 3.8) is 0 Å². The van der Waals surface area contributed by atoms with E-state index in [2.05, 4.69) is 37.9 Å². The second-order valence-corrected chi connectivity index (χ2v) is 6.21. The summed E-state index contributed by atoms with van der Waals surface area (Å²) < 4.78 is 0. The summed E-state index contributed by atoms with van der Waals surface area (Å²) in [6.07, 6.45) is 2.07. The third kappa shape index (κ3) is 3.45. The molecular formula is C14H29N3O.